The van der Waals surface area contributed by atoms with Crippen LogP contribution < -0.4 is 11.3 Å². The van der Waals surface area contributed by atoms with Crippen LogP contribution in [0.5, 0.6) is 0 Å². The molecule has 0 fully saturated rings. The Bertz CT molecular complexity index is 1590. The van der Waals surface area contributed by atoms with E-state index in [4.69, 9.17) is 17.3 Å². The first kappa shape index (κ1) is 22.0. The smallest absolute Gasteiger partial charge is 0.252 e. The van der Waals surface area contributed by atoms with E-state index in [-0.39, 0.29) is 11.4 Å². The number of benzene rings is 2. The number of hydrogen-bond acceptors (Lipinski definition) is 4. The number of pyridine rings is 2. The molecule has 2 N–H and O–H groups in total. The summed E-state index contributed by atoms with van der Waals surface area (Å²) in [5.41, 5.74) is 9.64. The molecule has 0 aliphatic carbocycles. The van der Waals surface area contributed by atoms with E-state index in [0.29, 0.717) is 32.7 Å². The highest BCUT2D eigenvalue weighted by Gasteiger charge is 2.35. The monoisotopic (exact) mass is 473 g/mol. The van der Waals surface area contributed by atoms with Gasteiger partial charge in [0.25, 0.3) is 5.56 Å². The highest BCUT2D eigenvalue weighted by molar-refractivity contribution is 6.30. The zero-order valence-electron chi connectivity index (χ0n) is 18.5. The summed E-state index contributed by atoms with van der Waals surface area (Å²) >= 11 is 6.14. The van der Waals surface area contributed by atoms with Crippen molar-refractivity contribution in [3.63, 3.8) is 0 Å². The number of hydrogen-bond donors (Lipinski definition) is 1. The van der Waals surface area contributed by atoms with Crippen LogP contribution in [0.25, 0.3) is 22.2 Å². The third-order valence-corrected chi connectivity index (χ3v) is 6.44. The summed E-state index contributed by atoms with van der Waals surface area (Å²) in [6.07, 6.45) is 5.06. The Labute approximate surface area is 200 Å². The van der Waals surface area contributed by atoms with E-state index in [1.54, 1.807) is 50.0 Å². The lowest BCUT2D eigenvalue weighted by molar-refractivity contribution is 0.594. The molecule has 1 atom stereocenters. The SMILES string of the molecule is Cn1cncc1C(N)(c1ccc(Cl)cc1)c1cnc2c(c1)c(-c1cccc(F)c1)cc(=O)n2C. The largest absolute Gasteiger partial charge is 0.336 e. The molecular formula is C26H21ClFN5O. The predicted octanol–water partition coefficient (Wildman–Crippen LogP) is 4.38. The molecule has 0 aliphatic rings. The summed E-state index contributed by atoms with van der Waals surface area (Å²) in [7, 11) is 3.53. The lowest BCUT2D eigenvalue weighted by atomic mass is 9.81. The van der Waals surface area contributed by atoms with Gasteiger partial charge >= 0.3 is 0 Å². The average Bonchev–Trinajstić information content (AvgIpc) is 3.27. The number of fused-ring (bicyclic) bond motifs is 1. The molecule has 170 valence electrons. The molecule has 2 aromatic carbocycles. The fraction of sp³-hybridized carbons (Fsp3) is 0.115. The minimum absolute atomic E-state index is 0.240. The molecule has 6 nitrogen and oxygen atoms in total. The first-order chi connectivity index (χ1) is 16.3. The van der Waals surface area contributed by atoms with Crippen molar-refractivity contribution in [1.82, 2.24) is 19.1 Å². The van der Waals surface area contributed by atoms with Crippen LogP contribution >= 0.6 is 11.6 Å². The molecule has 0 spiro atoms. The predicted molar refractivity (Wildman–Crippen MR) is 131 cm³/mol. The van der Waals surface area contributed by atoms with E-state index >= 15 is 0 Å². The standard InChI is InChI=1S/C26H21ClFN5O/c1-32-15-30-14-23(32)26(29,17-6-8-19(27)9-7-17)18-11-22-21(16-4-3-5-20(28)10-16)12-24(34)33(2)25(22)31-13-18/h3-15H,29H2,1-2H3. The number of halogens is 2. The summed E-state index contributed by atoms with van der Waals surface area (Å²) in [6.45, 7) is 0. The molecule has 8 heteroatoms. The van der Waals surface area contributed by atoms with Crippen LogP contribution in [-0.4, -0.2) is 19.1 Å². The summed E-state index contributed by atoms with van der Waals surface area (Å²) in [5.74, 6) is -0.389. The van der Waals surface area contributed by atoms with Gasteiger partial charge in [-0.25, -0.2) is 14.4 Å². The quantitative estimate of drug-likeness (QED) is 0.420. The zero-order chi connectivity index (χ0) is 24.0. The van der Waals surface area contributed by atoms with Gasteiger partial charge in [0.15, 0.2) is 0 Å². The van der Waals surface area contributed by atoms with E-state index in [9.17, 15) is 9.18 Å². The van der Waals surface area contributed by atoms with Gasteiger partial charge in [0, 0.05) is 42.3 Å². The molecule has 34 heavy (non-hydrogen) atoms. The Morgan fingerprint density at radius 2 is 1.76 bits per heavy atom. The fourth-order valence-corrected chi connectivity index (χ4v) is 4.47. The average molecular weight is 474 g/mol. The van der Waals surface area contributed by atoms with Gasteiger partial charge in [0.1, 0.15) is 17.0 Å². The van der Waals surface area contributed by atoms with Crippen molar-refractivity contribution in [2.45, 2.75) is 5.54 Å². The first-order valence-electron chi connectivity index (χ1n) is 10.6. The van der Waals surface area contributed by atoms with E-state index < -0.39 is 5.54 Å². The van der Waals surface area contributed by atoms with Crippen molar-refractivity contribution in [3.05, 3.63) is 117 Å². The molecule has 0 saturated carbocycles. The second kappa shape index (κ2) is 8.20. The normalized spacial score (nSPS) is 13.2. The maximum atomic E-state index is 14.0. The second-order valence-electron chi connectivity index (χ2n) is 8.27. The Balaban J connectivity index is 1.84. The minimum Gasteiger partial charge on any atom is -0.336 e. The van der Waals surface area contributed by atoms with Crippen LogP contribution in [0.4, 0.5) is 4.39 Å². The highest BCUT2D eigenvalue weighted by Crippen LogP contribution is 2.37. The van der Waals surface area contributed by atoms with Gasteiger partial charge in [0.05, 0.1) is 18.2 Å². The number of nitrogens with zero attached hydrogens (tertiary/aromatic N) is 4. The van der Waals surface area contributed by atoms with Crippen LogP contribution in [0, 0.1) is 5.82 Å². The van der Waals surface area contributed by atoms with Gasteiger partial charge in [-0.05, 0) is 47.0 Å². The lowest BCUT2D eigenvalue weighted by Gasteiger charge is -2.31. The maximum Gasteiger partial charge on any atom is 0.252 e. The Morgan fingerprint density at radius 1 is 1.00 bits per heavy atom. The summed E-state index contributed by atoms with van der Waals surface area (Å²) in [5, 5.41) is 1.27. The Hall–Kier alpha value is -3.81. The molecule has 0 bridgehead atoms. The number of aryl methyl sites for hydroxylation is 2. The first-order valence-corrected chi connectivity index (χ1v) is 10.9. The van der Waals surface area contributed by atoms with Crippen LogP contribution in [0.2, 0.25) is 5.02 Å². The van der Waals surface area contributed by atoms with Crippen molar-refractivity contribution in [1.29, 1.82) is 0 Å². The highest BCUT2D eigenvalue weighted by atomic mass is 35.5. The number of nitrogens with two attached hydrogens (primary N) is 1. The van der Waals surface area contributed by atoms with Crippen molar-refractivity contribution in [2.75, 3.05) is 0 Å². The summed E-state index contributed by atoms with van der Waals surface area (Å²) in [6, 6.07) is 16.8. The van der Waals surface area contributed by atoms with E-state index in [1.807, 2.05) is 29.8 Å². The minimum atomic E-state index is -1.12. The zero-order valence-corrected chi connectivity index (χ0v) is 19.3. The Kier molecular flexibility index (Phi) is 5.31. The lowest BCUT2D eigenvalue weighted by Crippen LogP contribution is -2.41. The van der Waals surface area contributed by atoms with Crippen molar-refractivity contribution >= 4 is 22.6 Å². The summed E-state index contributed by atoms with van der Waals surface area (Å²) < 4.78 is 17.4. The van der Waals surface area contributed by atoms with Gasteiger partial charge in [-0.2, -0.15) is 0 Å². The number of rotatable bonds is 4. The third-order valence-electron chi connectivity index (χ3n) is 6.18. The fourth-order valence-electron chi connectivity index (χ4n) is 4.35. The molecule has 0 aliphatic heterocycles. The Morgan fingerprint density at radius 3 is 2.44 bits per heavy atom. The molecule has 1 unspecified atom stereocenters. The van der Waals surface area contributed by atoms with Crippen LogP contribution in [0.1, 0.15) is 16.8 Å². The van der Waals surface area contributed by atoms with Gasteiger partial charge in [-0.3, -0.25) is 9.36 Å². The van der Waals surface area contributed by atoms with Gasteiger partial charge in [0.2, 0.25) is 0 Å². The molecule has 0 amide bonds. The molecule has 0 radical (unpaired) electrons. The van der Waals surface area contributed by atoms with E-state index in [1.165, 1.54) is 22.8 Å². The van der Waals surface area contributed by atoms with Crippen molar-refractivity contribution in [2.24, 2.45) is 19.8 Å². The van der Waals surface area contributed by atoms with Crippen molar-refractivity contribution < 1.29 is 4.39 Å². The van der Waals surface area contributed by atoms with Crippen LogP contribution in [0.15, 0.2) is 84.2 Å². The van der Waals surface area contributed by atoms with Gasteiger partial charge in [-0.1, -0.05) is 35.9 Å². The maximum absolute atomic E-state index is 14.0. The molecule has 3 heterocycles. The molecule has 0 saturated heterocycles. The molecule has 5 aromatic rings. The van der Waals surface area contributed by atoms with Crippen LogP contribution in [0.3, 0.4) is 0 Å². The van der Waals surface area contributed by atoms with E-state index in [0.717, 1.165) is 11.3 Å². The topological polar surface area (TPSA) is 78.7 Å². The number of imidazole rings is 1. The molecular weight excluding hydrogens is 453 g/mol. The third kappa shape index (κ3) is 3.50. The van der Waals surface area contributed by atoms with E-state index in [2.05, 4.69) is 9.97 Å². The van der Waals surface area contributed by atoms with Crippen LogP contribution in [-0.2, 0) is 19.6 Å². The second-order valence-corrected chi connectivity index (χ2v) is 8.70. The number of aromatic nitrogens is 4. The summed E-state index contributed by atoms with van der Waals surface area (Å²) in [4.78, 5) is 21.6. The molecule has 5 rings (SSSR count). The molecule has 3 aromatic heterocycles. The van der Waals surface area contributed by atoms with Crippen molar-refractivity contribution in [3.8, 4) is 11.1 Å². The van der Waals surface area contributed by atoms with Gasteiger partial charge < -0.3 is 10.3 Å². The van der Waals surface area contributed by atoms with Gasteiger partial charge in [-0.15, -0.1) is 0 Å².